The number of benzene rings is 2. The number of aromatic nitrogens is 1. The third-order valence-corrected chi connectivity index (χ3v) is 4.45. The number of anilines is 1. The molecule has 0 saturated carbocycles. The average molecular weight is 302 g/mol. The predicted molar refractivity (Wildman–Crippen MR) is 95.1 cm³/mol. The molecule has 0 spiro atoms. The van der Waals surface area contributed by atoms with Crippen molar-refractivity contribution >= 4 is 28.2 Å². The molecule has 1 aromatic heterocycles. The van der Waals surface area contributed by atoms with Crippen LogP contribution in [0.2, 0.25) is 0 Å². The van der Waals surface area contributed by atoms with Crippen LogP contribution in [0.3, 0.4) is 0 Å². The zero-order valence-corrected chi connectivity index (χ0v) is 12.8. The van der Waals surface area contributed by atoms with Crippen LogP contribution in [-0.2, 0) is 6.42 Å². The molecule has 0 unspecified atom stereocenters. The van der Waals surface area contributed by atoms with Crippen LogP contribution in [0.1, 0.15) is 29.7 Å². The third-order valence-electron chi connectivity index (χ3n) is 4.45. The second-order valence-corrected chi connectivity index (χ2v) is 5.98. The maximum absolute atomic E-state index is 9.43. The van der Waals surface area contributed by atoms with Gasteiger partial charge in [0.2, 0.25) is 0 Å². The van der Waals surface area contributed by atoms with Gasteiger partial charge in [-0.1, -0.05) is 30.3 Å². The summed E-state index contributed by atoms with van der Waals surface area (Å²) in [6.07, 6.45) is 5.21. The summed E-state index contributed by atoms with van der Waals surface area (Å²) in [5.74, 6) is 0.282. The van der Waals surface area contributed by atoms with E-state index in [9.17, 15) is 5.11 Å². The molecule has 0 saturated heterocycles. The summed E-state index contributed by atoms with van der Waals surface area (Å²) in [6.45, 7) is 0. The largest absolute Gasteiger partial charge is 0.508 e. The van der Waals surface area contributed by atoms with Crippen molar-refractivity contribution in [2.45, 2.75) is 19.3 Å². The lowest BCUT2D eigenvalue weighted by Crippen LogP contribution is -2.09. The van der Waals surface area contributed by atoms with E-state index in [1.165, 1.54) is 11.1 Å². The number of pyridine rings is 1. The van der Waals surface area contributed by atoms with Crippen LogP contribution in [0.4, 0.5) is 5.69 Å². The number of nitrogens with two attached hydrogens (primary N) is 1. The van der Waals surface area contributed by atoms with Gasteiger partial charge in [-0.2, -0.15) is 0 Å². The Balaban J connectivity index is 1.89. The SMILES string of the molecule is Nc1c2c(nc3ccccc13)/C(=C\c1ccc(O)cc1)CCC2. The topological polar surface area (TPSA) is 59.1 Å². The molecule has 1 aliphatic carbocycles. The molecule has 0 bridgehead atoms. The first-order valence-corrected chi connectivity index (χ1v) is 7.89. The fraction of sp³-hybridized carbons (Fsp3) is 0.150. The number of hydrogen-bond acceptors (Lipinski definition) is 3. The number of nitrogens with zero attached hydrogens (tertiary/aromatic N) is 1. The maximum Gasteiger partial charge on any atom is 0.115 e. The number of fused-ring (bicyclic) bond motifs is 2. The van der Waals surface area contributed by atoms with Crippen LogP contribution < -0.4 is 5.73 Å². The smallest absolute Gasteiger partial charge is 0.115 e. The van der Waals surface area contributed by atoms with Gasteiger partial charge in [-0.3, -0.25) is 0 Å². The Labute approximate surface area is 135 Å². The molecule has 1 aliphatic rings. The summed E-state index contributed by atoms with van der Waals surface area (Å²) in [5, 5.41) is 10.5. The van der Waals surface area contributed by atoms with E-state index < -0.39 is 0 Å². The van der Waals surface area contributed by atoms with Crippen LogP contribution in [0.5, 0.6) is 5.75 Å². The van der Waals surface area contributed by atoms with Crippen molar-refractivity contribution in [2.24, 2.45) is 0 Å². The molecule has 0 fully saturated rings. The van der Waals surface area contributed by atoms with Crippen LogP contribution in [0, 0.1) is 0 Å². The molecule has 3 heteroatoms. The summed E-state index contributed by atoms with van der Waals surface area (Å²) in [5.41, 5.74) is 12.7. The van der Waals surface area contributed by atoms with E-state index in [0.717, 1.165) is 47.1 Å². The van der Waals surface area contributed by atoms with Crippen molar-refractivity contribution in [1.29, 1.82) is 0 Å². The number of para-hydroxylation sites is 1. The van der Waals surface area contributed by atoms with Crippen molar-refractivity contribution in [2.75, 3.05) is 5.73 Å². The first-order valence-electron chi connectivity index (χ1n) is 7.89. The van der Waals surface area contributed by atoms with Gasteiger partial charge in [0.1, 0.15) is 5.75 Å². The van der Waals surface area contributed by atoms with Crippen molar-refractivity contribution in [1.82, 2.24) is 4.98 Å². The fourth-order valence-electron chi connectivity index (χ4n) is 3.28. The summed E-state index contributed by atoms with van der Waals surface area (Å²) in [6, 6.07) is 15.3. The Hall–Kier alpha value is -2.81. The van der Waals surface area contributed by atoms with Crippen molar-refractivity contribution in [3.05, 3.63) is 65.4 Å². The second-order valence-electron chi connectivity index (χ2n) is 5.98. The van der Waals surface area contributed by atoms with Crippen molar-refractivity contribution in [3.63, 3.8) is 0 Å². The highest BCUT2D eigenvalue weighted by atomic mass is 16.3. The number of nitrogen functional groups attached to an aromatic ring is 1. The molecule has 4 rings (SSSR count). The van der Waals surface area contributed by atoms with Gasteiger partial charge < -0.3 is 10.8 Å². The number of allylic oxidation sites excluding steroid dienone is 1. The number of phenolic OH excluding ortho intramolecular Hbond substituents is 1. The Morgan fingerprint density at radius 1 is 1.00 bits per heavy atom. The first-order chi connectivity index (χ1) is 11.2. The lowest BCUT2D eigenvalue weighted by molar-refractivity contribution is 0.475. The highest BCUT2D eigenvalue weighted by Crippen LogP contribution is 2.37. The molecule has 23 heavy (non-hydrogen) atoms. The Kier molecular flexibility index (Phi) is 3.27. The molecular weight excluding hydrogens is 284 g/mol. The van der Waals surface area contributed by atoms with E-state index in [1.54, 1.807) is 12.1 Å². The van der Waals surface area contributed by atoms with Gasteiger partial charge in [-0.15, -0.1) is 0 Å². The number of hydrogen-bond donors (Lipinski definition) is 2. The normalized spacial score (nSPS) is 15.7. The van der Waals surface area contributed by atoms with E-state index in [2.05, 4.69) is 6.08 Å². The van der Waals surface area contributed by atoms with Gasteiger partial charge in [0.15, 0.2) is 0 Å². The second kappa shape index (κ2) is 5.43. The Morgan fingerprint density at radius 2 is 1.78 bits per heavy atom. The maximum atomic E-state index is 9.43. The zero-order chi connectivity index (χ0) is 15.8. The van der Waals surface area contributed by atoms with E-state index in [4.69, 9.17) is 10.7 Å². The van der Waals surface area contributed by atoms with Gasteiger partial charge in [-0.05, 0) is 54.7 Å². The van der Waals surface area contributed by atoms with Gasteiger partial charge in [0.05, 0.1) is 11.2 Å². The van der Waals surface area contributed by atoms with Gasteiger partial charge in [-0.25, -0.2) is 4.98 Å². The van der Waals surface area contributed by atoms with Crippen LogP contribution in [0.15, 0.2) is 48.5 Å². The zero-order valence-electron chi connectivity index (χ0n) is 12.8. The molecule has 2 aromatic carbocycles. The number of rotatable bonds is 1. The van der Waals surface area contributed by atoms with Crippen LogP contribution in [-0.4, -0.2) is 10.1 Å². The monoisotopic (exact) mass is 302 g/mol. The molecule has 1 heterocycles. The molecule has 3 N–H and O–H groups in total. The quantitative estimate of drug-likeness (QED) is 0.700. The fourth-order valence-corrected chi connectivity index (χ4v) is 3.28. The minimum atomic E-state index is 0.282. The average Bonchev–Trinajstić information content (AvgIpc) is 2.58. The highest BCUT2D eigenvalue weighted by Gasteiger charge is 2.20. The lowest BCUT2D eigenvalue weighted by Gasteiger charge is -2.21. The van der Waals surface area contributed by atoms with Crippen LogP contribution >= 0.6 is 0 Å². The molecule has 0 aliphatic heterocycles. The predicted octanol–water partition coefficient (Wildman–Crippen LogP) is 4.40. The Morgan fingerprint density at radius 3 is 2.61 bits per heavy atom. The van der Waals surface area contributed by atoms with Crippen molar-refractivity contribution in [3.8, 4) is 5.75 Å². The molecule has 3 aromatic rings. The highest BCUT2D eigenvalue weighted by molar-refractivity contribution is 5.96. The van der Waals surface area contributed by atoms with Crippen molar-refractivity contribution < 1.29 is 5.11 Å². The summed E-state index contributed by atoms with van der Waals surface area (Å²) < 4.78 is 0. The summed E-state index contributed by atoms with van der Waals surface area (Å²) in [7, 11) is 0. The standard InChI is InChI=1S/C20H18N2O/c21-19-16-5-1-2-7-18(16)22-20-14(4-3-6-17(19)20)12-13-8-10-15(23)11-9-13/h1-2,5,7-12,23H,3-4,6H2,(H2,21,22)/b14-12-. The summed E-state index contributed by atoms with van der Waals surface area (Å²) in [4.78, 5) is 4.87. The van der Waals surface area contributed by atoms with Gasteiger partial charge in [0, 0.05) is 16.6 Å². The van der Waals surface area contributed by atoms with E-state index in [0.29, 0.717) is 0 Å². The molecule has 0 radical (unpaired) electrons. The van der Waals surface area contributed by atoms with Gasteiger partial charge in [0.25, 0.3) is 0 Å². The molecule has 0 atom stereocenters. The van der Waals surface area contributed by atoms with Crippen LogP contribution in [0.25, 0.3) is 22.6 Å². The molecule has 0 amide bonds. The Bertz CT molecular complexity index is 911. The minimum absolute atomic E-state index is 0.282. The number of aromatic hydroxyl groups is 1. The van der Waals surface area contributed by atoms with E-state index in [1.807, 2.05) is 36.4 Å². The van der Waals surface area contributed by atoms with Gasteiger partial charge >= 0.3 is 0 Å². The third kappa shape index (κ3) is 2.44. The lowest BCUT2D eigenvalue weighted by atomic mass is 9.88. The molecule has 3 nitrogen and oxygen atoms in total. The van der Waals surface area contributed by atoms with E-state index in [-0.39, 0.29) is 5.75 Å². The molecule has 114 valence electrons. The summed E-state index contributed by atoms with van der Waals surface area (Å²) >= 11 is 0. The minimum Gasteiger partial charge on any atom is -0.508 e. The van der Waals surface area contributed by atoms with E-state index >= 15 is 0 Å². The first kappa shape index (κ1) is 13.8. The number of phenols is 1. The molecular formula is C20H18N2O.